The van der Waals surface area contributed by atoms with Crippen LogP contribution in [0.3, 0.4) is 0 Å². The zero-order valence-electron chi connectivity index (χ0n) is 14.6. The Kier molecular flexibility index (Phi) is 5.25. The summed E-state index contributed by atoms with van der Waals surface area (Å²) in [5.41, 5.74) is 1.54. The summed E-state index contributed by atoms with van der Waals surface area (Å²) in [6.07, 6.45) is 0. The topological polar surface area (TPSA) is 28.2 Å². The lowest BCUT2D eigenvalue weighted by atomic mass is 9.87. The summed E-state index contributed by atoms with van der Waals surface area (Å²) in [5.74, 6) is 0. The minimum absolute atomic E-state index is 0.140. The van der Waals surface area contributed by atoms with Gasteiger partial charge in [-0.05, 0) is 40.0 Å². The second-order valence-corrected chi connectivity index (χ2v) is 8.82. The van der Waals surface area contributed by atoms with Gasteiger partial charge in [-0.1, -0.05) is 20.8 Å². The fourth-order valence-electron chi connectivity index (χ4n) is 1.82. The van der Waals surface area contributed by atoms with E-state index in [0.29, 0.717) is 6.04 Å². The average molecular weight is 298 g/mol. The molecule has 0 amide bonds. The van der Waals surface area contributed by atoms with Gasteiger partial charge in [-0.2, -0.15) is 0 Å². The van der Waals surface area contributed by atoms with Crippen molar-refractivity contribution in [2.24, 2.45) is 5.41 Å². The molecule has 0 aliphatic heterocycles. The summed E-state index contributed by atoms with van der Waals surface area (Å²) in [5, 5.41) is 4.66. The fraction of sp³-hybridized carbons (Fsp3) is 0.812. The second-order valence-electron chi connectivity index (χ2n) is 7.76. The summed E-state index contributed by atoms with van der Waals surface area (Å²) < 4.78 is 0. The van der Waals surface area contributed by atoms with E-state index in [-0.39, 0.29) is 11.0 Å². The van der Waals surface area contributed by atoms with E-state index in [1.54, 1.807) is 11.3 Å². The Hall–Kier alpha value is -0.610. The first-order valence-electron chi connectivity index (χ1n) is 7.36. The molecule has 0 fully saturated rings. The van der Waals surface area contributed by atoms with Crippen molar-refractivity contribution in [2.45, 2.75) is 73.5 Å². The van der Waals surface area contributed by atoms with E-state index in [1.807, 2.05) is 0 Å². The van der Waals surface area contributed by atoms with E-state index in [0.717, 1.165) is 17.4 Å². The molecule has 3 nitrogen and oxygen atoms in total. The van der Waals surface area contributed by atoms with Crippen LogP contribution in [0.1, 0.15) is 59.0 Å². The molecule has 0 bridgehead atoms. The minimum atomic E-state index is 0.140. The number of hydrogen-bond donors (Lipinski definition) is 1. The van der Waals surface area contributed by atoms with Crippen molar-refractivity contribution < 1.29 is 0 Å². The molecule has 1 rings (SSSR count). The predicted molar refractivity (Wildman–Crippen MR) is 90.8 cm³/mol. The maximum Gasteiger partial charge on any atom is 0.185 e. The van der Waals surface area contributed by atoms with E-state index in [9.17, 15) is 0 Å². The Morgan fingerprint density at radius 1 is 1.20 bits per heavy atom. The molecule has 0 aromatic carbocycles. The van der Waals surface area contributed by atoms with Gasteiger partial charge in [0.15, 0.2) is 5.13 Å². The van der Waals surface area contributed by atoms with Crippen LogP contribution in [0.4, 0.5) is 5.13 Å². The van der Waals surface area contributed by atoms with Gasteiger partial charge in [-0.25, -0.2) is 4.98 Å². The second kappa shape index (κ2) is 6.02. The number of nitrogens with one attached hydrogen (secondary N) is 1. The lowest BCUT2D eigenvalue weighted by Gasteiger charge is -2.35. The number of aromatic nitrogens is 1. The zero-order chi connectivity index (χ0) is 15.7. The summed E-state index contributed by atoms with van der Waals surface area (Å²) >= 11 is 1.81. The van der Waals surface area contributed by atoms with Crippen LogP contribution in [-0.4, -0.2) is 23.6 Å². The fourth-order valence-corrected chi connectivity index (χ4v) is 2.86. The van der Waals surface area contributed by atoms with Crippen molar-refractivity contribution in [3.63, 3.8) is 0 Å². The molecule has 0 radical (unpaired) electrons. The van der Waals surface area contributed by atoms with Crippen LogP contribution in [0.5, 0.6) is 0 Å². The Bertz CT molecular complexity index is 438. The molecule has 1 heterocycles. The first kappa shape index (κ1) is 17.4. The van der Waals surface area contributed by atoms with Crippen molar-refractivity contribution in [3.8, 4) is 0 Å². The summed E-state index contributed by atoms with van der Waals surface area (Å²) in [4.78, 5) is 8.39. The van der Waals surface area contributed by atoms with Crippen LogP contribution in [0.2, 0.25) is 0 Å². The van der Waals surface area contributed by atoms with Gasteiger partial charge in [-0.3, -0.25) is 0 Å². The molecular formula is C16H31N3S. The quantitative estimate of drug-likeness (QED) is 0.902. The van der Waals surface area contributed by atoms with Crippen molar-refractivity contribution in [2.75, 3.05) is 11.9 Å². The molecule has 1 atom stereocenters. The van der Waals surface area contributed by atoms with Crippen molar-refractivity contribution in [3.05, 3.63) is 10.6 Å². The third-order valence-corrected chi connectivity index (χ3v) is 5.04. The molecule has 0 saturated heterocycles. The molecule has 20 heavy (non-hydrogen) atoms. The number of thiazole rings is 1. The molecule has 1 aromatic heterocycles. The van der Waals surface area contributed by atoms with Crippen LogP contribution in [0.15, 0.2) is 0 Å². The van der Waals surface area contributed by atoms with Crippen LogP contribution in [-0.2, 0) is 6.54 Å². The van der Waals surface area contributed by atoms with Crippen molar-refractivity contribution in [1.29, 1.82) is 0 Å². The highest BCUT2D eigenvalue weighted by Gasteiger charge is 2.26. The molecule has 4 heteroatoms. The Balaban J connectivity index is 2.84. The third-order valence-electron chi connectivity index (χ3n) is 3.80. The van der Waals surface area contributed by atoms with Gasteiger partial charge in [0.25, 0.3) is 0 Å². The summed E-state index contributed by atoms with van der Waals surface area (Å²) in [7, 11) is 2.15. The lowest BCUT2D eigenvalue weighted by Crippen LogP contribution is -2.39. The van der Waals surface area contributed by atoms with Gasteiger partial charge in [0.2, 0.25) is 0 Å². The molecule has 0 spiro atoms. The minimum Gasteiger partial charge on any atom is -0.348 e. The van der Waals surface area contributed by atoms with E-state index >= 15 is 0 Å². The molecule has 0 aliphatic rings. The number of hydrogen-bond acceptors (Lipinski definition) is 4. The zero-order valence-corrected chi connectivity index (χ0v) is 15.4. The molecule has 1 N–H and O–H groups in total. The largest absolute Gasteiger partial charge is 0.348 e. The molecular weight excluding hydrogens is 266 g/mol. The first-order valence-corrected chi connectivity index (χ1v) is 8.17. The summed E-state index contributed by atoms with van der Waals surface area (Å²) in [6, 6.07) is 0.455. The molecule has 0 aliphatic carbocycles. The van der Waals surface area contributed by atoms with E-state index in [2.05, 4.69) is 72.7 Å². The van der Waals surface area contributed by atoms with E-state index < -0.39 is 0 Å². The summed E-state index contributed by atoms with van der Waals surface area (Å²) in [6.45, 7) is 18.7. The van der Waals surface area contributed by atoms with Gasteiger partial charge in [0.05, 0.1) is 5.69 Å². The van der Waals surface area contributed by atoms with Gasteiger partial charge < -0.3 is 10.2 Å². The SMILES string of the molecule is Cc1nc(N(C)C(C)C(C)(C)C)sc1CNC(C)(C)C. The smallest absolute Gasteiger partial charge is 0.185 e. The van der Waals surface area contributed by atoms with Gasteiger partial charge in [-0.15, -0.1) is 11.3 Å². The molecule has 1 unspecified atom stereocenters. The van der Waals surface area contributed by atoms with Crippen LogP contribution < -0.4 is 10.2 Å². The predicted octanol–water partition coefficient (Wildman–Crippen LogP) is 4.21. The van der Waals surface area contributed by atoms with Gasteiger partial charge in [0, 0.05) is 30.1 Å². The first-order chi connectivity index (χ1) is 8.92. The normalized spacial score (nSPS) is 14.4. The van der Waals surface area contributed by atoms with Crippen LogP contribution in [0, 0.1) is 12.3 Å². The maximum atomic E-state index is 4.75. The Morgan fingerprint density at radius 3 is 2.20 bits per heavy atom. The average Bonchev–Trinajstić information content (AvgIpc) is 2.64. The van der Waals surface area contributed by atoms with Crippen molar-refractivity contribution >= 4 is 16.5 Å². The van der Waals surface area contributed by atoms with Crippen molar-refractivity contribution in [1.82, 2.24) is 10.3 Å². The van der Waals surface area contributed by atoms with Gasteiger partial charge >= 0.3 is 0 Å². The van der Waals surface area contributed by atoms with Crippen LogP contribution in [0.25, 0.3) is 0 Å². The maximum absolute atomic E-state index is 4.75. The number of aryl methyl sites for hydroxylation is 1. The Morgan fingerprint density at radius 2 is 1.75 bits per heavy atom. The van der Waals surface area contributed by atoms with E-state index in [1.165, 1.54) is 4.88 Å². The highest BCUT2D eigenvalue weighted by Crippen LogP contribution is 2.31. The highest BCUT2D eigenvalue weighted by atomic mass is 32.1. The van der Waals surface area contributed by atoms with Gasteiger partial charge in [0.1, 0.15) is 0 Å². The molecule has 116 valence electrons. The van der Waals surface area contributed by atoms with Crippen LogP contribution >= 0.6 is 11.3 Å². The van der Waals surface area contributed by atoms with E-state index in [4.69, 9.17) is 4.98 Å². The Labute approximate surface area is 128 Å². The highest BCUT2D eigenvalue weighted by molar-refractivity contribution is 7.15. The number of anilines is 1. The monoisotopic (exact) mass is 297 g/mol. The number of rotatable bonds is 4. The molecule has 0 saturated carbocycles. The standard InChI is InChI=1S/C16H31N3S/c1-11-13(10-17-16(6,7)8)20-14(18-11)19(9)12(2)15(3,4)5/h12,17H,10H2,1-9H3. The number of nitrogens with zero attached hydrogens (tertiary/aromatic N) is 2. The molecule has 1 aromatic rings. The lowest BCUT2D eigenvalue weighted by molar-refractivity contribution is 0.329. The third kappa shape index (κ3) is 4.74.